The first-order valence-corrected chi connectivity index (χ1v) is 10.8. The van der Waals surface area contributed by atoms with E-state index in [0.29, 0.717) is 28.0 Å². The molecule has 0 radical (unpaired) electrons. The monoisotopic (exact) mass is 453 g/mol. The highest BCUT2D eigenvalue weighted by atomic mass is 32.2. The van der Waals surface area contributed by atoms with Crippen LogP contribution in [0.15, 0.2) is 84.0 Å². The second-order valence-electron chi connectivity index (χ2n) is 6.76. The minimum Gasteiger partial charge on any atom is -0.457 e. The van der Waals surface area contributed by atoms with Crippen LogP contribution >= 0.6 is 0 Å². The number of aromatic nitrogens is 1. The Labute approximate surface area is 182 Å². The van der Waals surface area contributed by atoms with E-state index < -0.39 is 25.7 Å². The molecule has 0 spiro atoms. The van der Waals surface area contributed by atoms with Crippen LogP contribution in [0.1, 0.15) is 0 Å². The van der Waals surface area contributed by atoms with Crippen molar-refractivity contribution in [2.45, 2.75) is 4.90 Å². The molecule has 0 atom stereocenters. The number of rotatable bonds is 6. The lowest BCUT2D eigenvalue weighted by atomic mass is 10.1. The predicted octanol–water partition coefficient (Wildman–Crippen LogP) is 4.90. The number of halogens is 1. The summed E-state index contributed by atoms with van der Waals surface area (Å²) in [7, 11) is -2.76. The van der Waals surface area contributed by atoms with Gasteiger partial charge >= 0.3 is 0 Å². The number of non-ortho nitro benzene ring substituents is 1. The molecule has 0 aliphatic carbocycles. The maximum Gasteiger partial charge on any atom is 0.279 e. The van der Waals surface area contributed by atoms with Gasteiger partial charge in [0, 0.05) is 30.9 Å². The topological polar surface area (TPSA) is 103 Å². The number of hydrogen-bond donors (Lipinski definition) is 0. The fourth-order valence-electron chi connectivity index (χ4n) is 3.19. The zero-order valence-corrected chi connectivity index (χ0v) is 17.5. The Morgan fingerprint density at radius 2 is 1.72 bits per heavy atom. The van der Waals surface area contributed by atoms with Gasteiger partial charge in [-0.3, -0.25) is 19.4 Å². The van der Waals surface area contributed by atoms with E-state index in [4.69, 9.17) is 4.74 Å². The fraction of sp³-hybridized carbons (Fsp3) is 0.0455. The third-order valence-corrected chi connectivity index (χ3v) is 6.67. The lowest BCUT2D eigenvalue weighted by Gasteiger charge is -2.20. The summed E-state index contributed by atoms with van der Waals surface area (Å²) in [5, 5.41) is 12.1. The van der Waals surface area contributed by atoms with E-state index in [9.17, 15) is 22.9 Å². The fourth-order valence-corrected chi connectivity index (χ4v) is 4.45. The number of anilines is 1. The highest BCUT2D eigenvalue weighted by Gasteiger charge is 2.24. The van der Waals surface area contributed by atoms with Gasteiger partial charge in [0.1, 0.15) is 22.2 Å². The summed E-state index contributed by atoms with van der Waals surface area (Å²) < 4.78 is 46.4. The summed E-state index contributed by atoms with van der Waals surface area (Å²) in [4.78, 5) is 14.3. The van der Waals surface area contributed by atoms with Gasteiger partial charge in [-0.2, -0.15) is 0 Å². The van der Waals surface area contributed by atoms with Crippen LogP contribution in [0.2, 0.25) is 0 Å². The molecule has 1 aromatic heterocycles. The highest BCUT2D eigenvalue weighted by Crippen LogP contribution is 2.35. The quantitative estimate of drug-likeness (QED) is 0.304. The number of nitro groups is 1. The van der Waals surface area contributed by atoms with Crippen molar-refractivity contribution < 1.29 is 22.5 Å². The molecule has 0 N–H and O–H groups in total. The molecule has 4 rings (SSSR count). The lowest BCUT2D eigenvalue weighted by molar-refractivity contribution is -0.383. The average Bonchev–Trinajstić information content (AvgIpc) is 2.79. The number of pyridine rings is 1. The molecule has 4 aromatic rings. The molecule has 162 valence electrons. The molecule has 10 heteroatoms. The largest absolute Gasteiger partial charge is 0.457 e. The standard InChI is InChI=1S/C22H16FN3O5S/c1-25(32(29,30)22-5-3-2-4-19(22)23)15-6-8-16(9-7-15)31-21-11-10-20(26(27)28)18-14-24-13-12-17(18)21/h2-14H,1H3. The molecule has 0 saturated heterocycles. The van der Waals surface area contributed by atoms with Crippen molar-refractivity contribution in [3.63, 3.8) is 0 Å². The van der Waals surface area contributed by atoms with Gasteiger partial charge in [-0.1, -0.05) is 12.1 Å². The number of ether oxygens (including phenoxy) is 1. The van der Waals surface area contributed by atoms with Crippen LogP contribution in [0.4, 0.5) is 15.8 Å². The minimum atomic E-state index is -4.09. The number of fused-ring (bicyclic) bond motifs is 1. The van der Waals surface area contributed by atoms with Crippen molar-refractivity contribution in [1.82, 2.24) is 4.98 Å². The first-order valence-electron chi connectivity index (χ1n) is 9.31. The van der Waals surface area contributed by atoms with E-state index in [-0.39, 0.29) is 5.69 Å². The Bertz CT molecular complexity index is 1430. The zero-order chi connectivity index (χ0) is 22.9. The Kier molecular flexibility index (Phi) is 5.45. The first-order chi connectivity index (χ1) is 15.3. The lowest BCUT2D eigenvalue weighted by Crippen LogP contribution is -2.27. The molecule has 0 fully saturated rings. The molecule has 8 nitrogen and oxygen atoms in total. The van der Waals surface area contributed by atoms with E-state index in [1.54, 1.807) is 18.2 Å². The van der Waals surface area contributed by atoms with Crippen LogP contribution in [-0.2, 0) is 10.0 Å². The average molecular weight is 453 g/mol. The molecule has 0 unspecified atom stereocenters. The molecule has 0 bridgehead atoms. The SMILES string of the molecule is CN(c1ccc(Oc2ccc([N+](=O)[O-])c3cnccc23)cc1)S(=O)(=O)c1ccccc1F. The van der Waals surface area contributed by atoms with Gasteiger partial charge < -0.3 is 4.74 Å². The maximum absolute atomic E-state index is 14.0. The molecule has 1 heterocycles. The van der Waals surface area contributed by atoms with E-state index in [1.165, 1.54) is 61.9 Å². The molecule has 0 saturated carbocycles. The van der Waals surface area contributed by atoms with Crippen LogP contribution in [0.5, 0.6) is 11.5 Å². The van der Waals surface area contributed by atoms with Crippen LogP contribution in [0.25, 0.3) is 10.8 Å². The van der Waals surface area contributed by atoms with Crippen molar-refractivity contribution in [2.24, 2.45) is 0 Å². The Hall–Kier alpha value is -4.05. The van der Waals surface area contributed by atoms with Gasteiger partial charge in [-0.15, -0.1) is 0 Å². The molecule has 3 aromatic carbocycles. The Morgan fingerprint density at radius 1 is 1.00 bits per heavy atom. The van der Waals surface area contributed by atoms with Gasteiger partial charge in [-0.25, -0.2) is 12.8 Å². The molecular formula is C22H16FN3O5S. The summed E-state index contributed by atoms with van der Waals surface area (Å²) in [5.74, 6) is -0.0654. The van der Waals surface area contributed by atoms with Gasteiger partial charge in [0.25, 0.3) is 15.7 Å². The van der Waals surface area contributed by atoms with E-state index in [2.05, 4.69) is 4.98 Å². The van der Waals surface area contributed by atoms with Crippen LogP contribution in [-0.4, -0.2) is 25.4 Å². The summed E-state index contributed by atoms with van der Waals surface area (Å²) >= 11 is 0. The van der Waals surface area contributed by atoms with Crippen molar-refractivity contribution in [3.8, 4) is 11.5 Å². The third kappa shape index (κ3) is 3.83. The molecule has 0 amide bonds. The van der Waals surface area contributed by atoms with Crippen LogP contribution < -0.4 is 9.04 Å². The normalized spacial score (nSPS) is 11.3. The van der Waals surface area contributed by atoms with E-state index in [1.807, 2.05) is 0 Å². The number of sulfonamides is 1. The Balaban J connectivity index is 1.62. The third-order valence-electron chi connectivity index (χ3n) is 4.85. The second-order valence-corrected chi connectivity index (χ2v) is 8.70. The number of benzene rings is 3. The Morgan fingerprint density at radius 3 is 2.41 bits per heavy atom. The summed E-state index contributed by atoms with van der Waals surface area (Å²) in [6, 6.07) is 15.7. The van der Waals surface area contributed by atoms with Crippen LogP contribution in [0, 0.1) is 15.9 Å². The van der Waals surface area contributed by atoms with Crippen LogP contribution in [0.3, 0.4) is 0 Å². The van der Waals surface area contributed by atoms with Crippen molar-refractivity contribution in [1.29, 1.82) is 0 Å². The van der Waals surface area contributed by atoms with Gasteiger partial charge in [-0.05, 0) is 48.5 Å². The van der Waals surface area contributed by atoms with Gasteiger partial charge in [0.15, 0.2) is 0 Å². The molecule has 32 heavy (non-hydrogen) atoms. The minimum absolute atomic E-state index is 0.0872. The molecular weight excluding hydrogens is 437 g/mol. The summed E-state index contributed by atoms with van der Waals surface area (Å²) in [6.07, 6.45) is 2.90. The number of hydrogen-bond acceptors (Lipinski definition) is 6. The highest BCUT2D eigenvalue weighted by molar-refractivity contribution is 7.92. The number of nitro benzene ring substituents is 1. The molecule has 0 aliphatic heterocycles. The number of nitrogens with zero attached hydrogens (tertiary/aromatic N) is 3. The van der Waals surface area contributed by atoms with Crippen molar-refractivity contribution >= 4 is 32.2 Å². The zero-order valence-electron chi connectivity index (χ0n) is 16.7. The summed E-state index contributed by atoms with van der Waals surface area (Å²) in [5.41, 5.74) is 0.217. The van der Waals surface area contributed by atoms with E-state index in [0.717, 1.165) is 10.4 Å². The van der Waals surface area contributed by atoms with E-state index >= 15 is 0 Å². The summed E-state index contributed by atoms with van der Waals surface area (Å²) in [6.45, 7) is 0. The molecule has 0 aliphatic rings. The van der Waals surface area contributed by atoms with Crippen molar-refractivity contribution in [2.75, 3.05) is 11.4 Å². The van der Waals surface area contributed by atoms with Gasteiger partial charge in [0.05, 0.1) is 16.0 Å². The first kappa shape index (κ1) is 21.2. The maximum atomic E-state index is 14.0. The van der Waals surface area contributed by atoms with Gasteiger partial charge in [0.2, 0.25) is 0 Å². The second kappa shape index (κ2) is 8.23. The predicted molar refractivity (Wildman–Crippen MR) is 117 cm³/mol. The van der Waals surface area contributed by atoms with Crippen molar-refractivity contribution in [3.05, 3.63) is 95.1 Å². The smallest absolute Gasteiger partial charge is 0.279 e.